The molecule has 34 heavy (non-hydrogen) atoms. The number of aliphatic hydroxyl groups is 1. The molecule has 1 aliphatic heterocycles. The Labute approximate surface area is 199 Å². The summed E-state index contributed by atoms with van der Waals surface area (Å²) < 4.78 is 11.0. The molecule has 1 N–H and O–H groups in total. The number of ketones is 1. The van der Waals surface area contributed by atoms with Crippen LogP contribution in [-0.4, -0.2) is 30.0 Å². The Bertz CT molecular complexity index is 1250. The molecule has 1 saturated heterocycles. The first-order valence-corrected chi connectivity index (χ1v) is 11.1. The van der Waals surface area contributed by atoms with E-state index in [0.29, 0.717) is 22.7 Å². The Morgan fingerprint density at radius 3 is 2.18 bits per heavy atom. The summed E-state index contributed by atoms with van der Waals surface area (Å²) in [6.07, 6.45) is 0.0112. The lowest BCUT2D eigenvalue weighted by Crippen LogP contribution is -2.29. The van der Waals surface area contributed by atoms with Crippen LogP contribution in [0, 0.1) is 6.92 Å². The summed E-state index contributed by atoms with van der Waals surface area (Å²) in [6.45, 7) is 5.69. The first-order chi connectivity index (χ1) is 16.3. The van der Waals surface area contributed by atoms with Crippen molar-refractivity contribution in [3.8, 4) is 11.5 Å². The first kappa shape index (κ1) is 23.1. The van der Waals surface area contributed by atoms with Gasteiger partial charge in [-0.15, -0.1) is 0 Å². The second kappa shape index (κ2) is 9.43. The molecule has 3 aromatic rings. The number of carbonyl (C=O) groups excluding carboxylic acids is 2. The van der Waals surface area contributed by atoms with Gasteiger partial charge < -0.3 is 14.6 Å². The predicted molar refractivity (Wildman–Crippen MR) is 131 cm³/mol. The van der Waals surface area contributed by atoms with Crippen LogP contribution in [0.5, 0.6) is 11.5 Å². The highest BCUT2D eigenvalue weighted by Crippen LogP contribution is 2.43. The Kier molecular flexibility index (Phi) is 6.41. The van der Waals surface area contributed by atoms with Gasteiger partial charge in [0.25, 0.3) is 11.7 Å². The third kappa shape index (κ3) is 4.27. The number of rotatable bonds is 6. The number of Topliss-reactive ketones (excluding diaryl/α,β-unsaturated/α-hetero) is 1. The number of hydrogen-bond acceptors (Lipinski definition) is 5. The van der Waals surface area contributed by atoms with Crippen molar-refractivity contribution < 1.29 is 24.2 Å². The molecule has 3 aromatic carbocycles. The van der Waals surface area contributed by atoms with E-state index in [-0.39, 0.29) is 17.4 Å². The van der Waals surface area contributed by atoms with E-state index in [1.807, 2.05) is 51.1 Å². The maximum atomic E-state index is 13.3. The Morgan fingerprint density at radius 2 is 1.59 bits per heavy atom. The van der Waals surface area contributed by atoms with Crippen LogP contribution >= 0.6 is 0 Å². The largest absolute Gasteiger partial charge is 0.507 e. The van der Waals surface area contributed by atoms with Crippen LogP contribution in [0.25, 0.3) is 5.76 Å². The minimum absolute atomic E-state index is 0.0112. The van der Waals surface area contributed by atoms with Crippen molar-refractivity contribution in [1.82, 2.24) is 0 Å². The fraction of sp³-hybridized carbons (Fsp3) is 0.214. The molecule has 1 atom stereocenters. The minimum atomic E-state index is -0.778. The van der Waals surface area contributed by atoms with E-state index in [2.05, 4.69) is 0 Å². The van der Waals surface area contributed by atoms with Gasteiger partial charge in [-0.2, -0.15) is 0 Å². The lowest BCUT2D eigenvalue weighted by Gasteiger charge is -2.26. The van der Waals surface area contributed by atoms with Gasteiger partial charge in [0.1, 0.15) is 17.3 Å². The van der Waals surface area contributed by atoms with Crippen LogP contribution < -0.4 is 14.4 Å². The monoisotopic (exact) mass is 457 g/mol. The Morgan fingerprint density at radius 1 is 0.941 bits per heavy atom. The summed E-state index contributed by atoms with van der Waals surface area (Å²) in [5.41, 5.74) is 2.51. The number of hydrogen-bond donors (Lipinski definition) is 1. The van der Waals surface area contributed by atoms with Crippen molar-refractivity contribution in [3.05, 3.63) is 95.1 Å². The van der Waals surface area contributed by atoms with Crippen molar-refractivity contribution in [3.63, 3.8) is 0 Å². The second-order valence-corrected chi connectivity index (χ2v) is 8.42. The predicted octanol–water partition coefficient (Wildman–Crippen LogP) is 5.42. The van der Waals surface area contributed by atoms with Gasteiger partial charge in [-0.05, 0) is 74.4 Å². The summed E-state index contributed by atoms with van der Waals surface area (Å²) in [4.78, 5) is 28.0. The second-order valence-electron chi connectivity index (χ2n) is 8.42. The van der Waals surface area contributed by atoms with Gasteiger partial charge in [-0.1, -0.05) is 30.3 Å². The number of carbonyl (C=O) groups is 2. The van der Waals surface area contributed by atoms with E-state index < -0.39 is 17.7 Å². The van der Waals surface area contributed by atoms with Gasteiger partial charge in [-0.25, -0.2) is 0 Å². The molecule has 0 saturated carbocycles. The maximum Gasteiger partial charge on any atom is 0.300 e. The number of nitrogens with zero attached hydrogens (tertiary/aromatic N) is 1. The zero-order valence-electron chi connectivity index (χ0n) is 19.6. The lowest BCUT2D eigenvalue weighted by molar-refractivity contribution is -0.132. The molecule has 6 nitrogen and oxygen atoms in total. The molecular formula is C28H27NO5. The molecular weight excluding hydrogens is 430 g/mol. The molecule has 6 heteroatoms. The van der Waals surface area contributed by atoms with E-state index in [4.69, 9.17) is 9.47 Å². The van der Waals surface area contributed by atoms with E-state index >= 15 is 0 Å². The van der Waals surface area contributed by atoms with Gasteiger partial charge in [0.15, 0.2) is 0 Å². The summed E-state index contributed by atoms with van der Waals surface area (Å²) >= 11 is 0. The number of anilines is 1. The van der Waals surface area contributed by atoms with Crippen LogP contribution in [0.2, 0.25) is 0 Å². The average molecular weight is 458 g/mol. The molecule has 1 unspecified atom stereocenters. The molecule has 0 radical (unpaired) electrons. The molecule has 0 aromatic heterocycles. The molecule has 1 amide bonds. The van der Waals surface area contributed by atoms with Crippen molar-refractivity contribution in [2.75, 3.05) is 12.0 Å². The van der Waals surface area contributed by atoms with E-state index in [1.54, 1.807) is 49.6 Å². The summed E-state index contributed by atoms with van der Waals surface area (Å²) in [6, 6.07) is 20.7. The van der Waals surface area contributed by atoms with E-state index in [0.717, 1.165) is 11.1 Å². The molecule has 0 aliphatic carbocycles. The molecule has 174 valence electrons. The van der Waals surface area contributed by atoms with Crippen LogP contribution in [0.3, 0.4) is 0 Å². The van der Waals surface area contributed by atoms with E-state index in [9.17, 15) is 14.7 Å². The van der Waals surface area contributed by atoms with Crippen molar-refractivity contribution in [2.24, 2.45) is 0 Å². The van der Waals surface area contributed by atoms with Crippen molar-refractivity contribution in [1.29, 1.82) is 0 Å². The first-order valence-electron chi connectivity index (χ1n) is 11.1. The minimum Gasteiger partial charge on any atom is -0.507 e. The number of ether oxygens (including phenoxy) is 2. The van der Waals surface area contributed by atoms with Gasteiger partial charge >= 0.3 is 0 Å². The number of aryl methyl sites for hydroxylation is 1. The van der Waals surface area contributed by atoms with E-state index in [1.165, 1.54) is 4.90 Å². The zero-order chi connectivity index (χ0) is 24.4. The Balaban J connectivity index is 1.86. The summed E-state index contributed by atoms with van der Waals surface area (Å²) in [5, 5.41) is 11.3. The number of amides is 1. The number of benzene rings is 3. The van der Waals surface area contributed by atoms with Crippen molar-refractivity contribution in [2.45, 2.75) is 32.9 Å². The molecule has 0 spiro atoms. The molecule has 1 heterocycles. The molecule has 4 rings (SSSR count). The average Bonchev–Trinajstić information content (AvgIpc) is 3.09. The zero-order valence-corrected chi connectivity index (χ0v) is 19.6. The third-order valence-corrected chi connectivity index (χ3v) is 5.74. The fourth-order valence-corrected chi connectivity index (χ4v) is 4.18. The van der Waals surface area contributed by atoms with Gasteiger partial charge in [0.05, 0.1) is 24.8 Å². The van der Waals surface area contributed by atoms with Crippen molar-refractivity contribution >= 4 is 23.1 Å². The molecule has 0 bridgehead atoms. The van der Waals surface area contributed by atoms with Gasteiger partial charge in [-0.3, -0.25) is 14.5 Å². The molecule has 1 aliphatic rings. The van der Waals surface area contributed by atoms with Crippen LogP contribution in [-0.2, 0) is 9.59 Å². The highest BCUT2D eigenvalue weighted by molar-refractivity contribution is 6.51. The standard InChI is InChI=1S/C28H27NO5/c1-17(2)34-21-12-10-20(11-13-21)29-25(19-8-6-5-7-9-19)24(27(31)28(29)32)26(30)23-15-14-22(33-4)16-18(23)3/h5-17,25,30H,1-4H3/b26-24-. The number of methoxy groups -OCH3 is 1. The van der Waals surface area contributed by atoms with Gasteiger partial charge in [0, 0.05) is 11.3 Å². The topological polar surface area (TPSA) is 76.1 Å². The highest BCUT2D eigenvalue weighted by Gasteiger charge is 2.47. The SMILES string of the molecule is COc1ccc(/C(O)=C2/C(=O)C(=O)N(c3ccc(OC(C)C)cc3)C2c2ccccc2)c(C)c1. The normalized spacial score (nSPS) is 17.3. The number of aliphatic hydroxyl groups excluding tert-OH is 1. The maximum absolute atomic E-state index is 13.3. The smallest absolute Gasteiger partial charge is 0.300 e. The van der Waals surface area contributed by atoms with Crippen LogP contribution in [0.1, 0.15) is 36.6 Å². The quantitative estimate of drug-likeness (QED) is 0.304. The third-order valence-electron chi connectivity index (χ3n) is 5.74. The highest BCUT2D eigenvalue weighted by atomic mass is 16.5. The molecule has 1 fully saturated rings. The van der Waals surface area contributed by atoms with Gasteiger partial charge in [0.2, 0.25) is 0 Å². The lowest BCUT2D eigenvalue weighted by atomic mass is 9.94. The summed E-state index contributed by atoms with van der Waals surface area (Å²) in [7, 11) is 1.56. The Hall–Kier alpha value is -4.06. The van der Waals surface area contributed by atoms with Crippen LogP contribution in [0.15, 0.2) is 78.4 Å². The fourth-order valence-electron chi connectivity index (χ4n) is 4.18. The summed E-state index contributed by atoms with van der Waals surface area (Å²) in [5.74, 6) is -0.337. The van der Waals surface area contributed by atoms with Crippen LogP contribution in [0.4, 0.5) is 5.69 Å².